The van der Waals surface area contributed by atoms with Gasteiger partial charge >= 0.3 is 5.97 Å². The standard InChI is InChI=1S/C19H21NO3/c1-2-3-9-17(19(22)23)20-18(21)16-12-10-15(11-13-16)14-7-5-4-6-8-14/h4-8,10-13,17H,2-3,9H2,1H3,(H,20,21)(H,22,23)/t17-/m1/s1. The first kappa shape index (κ1) is 16.7. The van der Waals surface area contributed by atoms with Crippen LogP contribution in [0.5, 0.6) is 0 Å². The Kier molecular flexibility index (Phi) is 5.92. The molecule has 4 heteroatoms. The normalized spacial score (nSPS) is 11.7. The highest BCUT2D eigenvalue weighted by Gasteiger charge is 2.19. The molecule has 2 N–H and O–H groups in total. The molecule has 120 valence electrons. The molecule has 0 aliphatic carbocycles. The smallest absolute Gasteiger partial charge is 0.326 e. The third-order valence-corrected chi connectivity index (χ3v) is 3.70. The first-order valence-corrected chi connectivity index (χ1v) is 7.81. The minimum Gasteiger partial charge on any atom is -0.480 e. The maximum atomic E-state index is 12.2. The van der Waals surface area contributed by atoms with Crippen molar-refractivity contribution in [2.45, 2.75) is 32.2 Å². The Balaban J connectivity index is 2.06. The van der Waals surface area contributed by atoms with Gasteiger partial charge in [-0.2, -0.15) is 0 Å². The van der Waals surface area contributed by atoms with Crippen LogP contribution in [0.1, 0.15) is 36.5 Å². The molecule has 0 bridgehead atoms. The number of rotatable bonds is 7. The summed E-state index contributed by atoms with van der Waals surface area (Å²) in [7, 11) is 0. The Morgan fingerprint density at radius 2 is 1.61 bits per heavy atom. The number of aliphatic carboxylic acids is 1. The molecular formula is C19H21NO3. The number of nitrogens with one attached hydrogen (secondary N) is 1. The molecule has 23 heavy (non-hydrogen) atoms. The van der Waals surface area contributed by atoms with E-state index >= 15 is 0 Å². The quantitative estimate of drug-likeness (QED) is 0.819. The number of hydrogen-bond acceptors (Lipinski definition) is 2. The van der Waals surface area contributed by atoms with Crippen LogP contribution in [0.4, 0.5) is 0 Å². The molecule has 1 atom stereocenters. The monoisotopic (exact) mass is 311 g/mol. The summed E-state index contributed by atoms with van der Waals surface area (Å²) in [5.41, 5.74) is 2.56. The molecule has 0 fully saturated rings. The van der Waals surface area contributed by atoms with Gasteiger partial charge in [-0.1, -0.05) is 62.2 Å². The number of benzene rings is 2. The highest BCUT2D eigenvalue weighted by molar-refractivity contribution is 5.97. The Labute approximate surface area is 136 Å². The summed E-state index contributed by atoms with van der Waals surface area (Å²) >= 11 is 0. The number of carboxylic acids is 1. The Morgan fingerprint density at radius 1 is 1.00 bits per heavy atom. The van der Waals surface area contributed by atoms with E-state index in [1.165, 1.54) is 0 Å². The van der Waals surface area contributed by atoms with Crippen molar-refractivity contribution in [3.8, 4) is 11.1 Å². The summed E-state index contributed by atoms with van der Waals surface area (Å²) in [6, 6.07) is 16.2. The van der Waals surface area contributed by atoms with Crippen LogP contribution < -0.4 is 5.32 Å². The van der Waals surface area contributed by atoms with Crippen molar-refractivity contribution in [2.75, 3.05) is 0 Å². The van der Waals surface area contributed by atoms with Crippen LogP contribution in [-0.2, 0) is 4.79 Å². The van der Waals surface area contributed by atoms with Gasteiger partial charge < -0.3 is 10.4 Å². The lowest BCUT2D eigenvalue weighted by molar-refractivity contribution is -0.139. The van der Waals surface area contributed by atoms with E-state index in [2.05, 4.69) is 5.32 Å². The van der Waals surface area contributed by atoms with Gasteiger partial charge in [-0.25, -0.2) is 4.79 Å². The average Bonchev–Trinajstić information content (AvgIpc) is 2.59. The molecule has 0 unspecified atom stereocenters. The van der Waals surface area contributed by atoms with Crippen LogP contribution in [0.25, 0.3) is 11.1 Å². The van der Waals surface area contributed by atoms with Gasteiger partial charge in [0.25, 0.3) is 5.91 Å². The molecule has 0 saturated heterocycles. The molecule has 0 aromatic heterocycles. The molecule has 0 spiro atoms. The largest absolute Gasteiger partial charge is 0.480 e. The van der Waals surface area contributed by atoms with E-state index in [0.717, 1.165) is 24.0 Å². The number of carbonyl (C=O) groups is 2. The van der Waals surface area contributed by atoms with Gasteiger partial charge in [-0.05, 0) is 29.7 Å². The Morgan fingerprint density at radius 3 is 2.17 bits per heavy atom. The van der Waals surface area contributed by atoms with Gasteiger partial charge in [-0.15, -0.1) is 0 Å². The van der Waals surface area contributed by atoms with E-state index in [0.29, 0.717) is 12.0 Å². The van der Waals surface area contributed by atoms with Crippen LogP contribution >= 0.6 is 0 Å². The van der Waals surface area contributed by atoms with Gasteiger partial charge in [0, 0.05) is 5.56 Å². The van der Waals surface area contributed by atoms with Crippen molar-refractivity contribution < 1.29 is 14.7 Å². The zero-order chi connectivity index (χ0) is 16.7. The fourth-order valence-corrected chi connectivity index (χ4v) is 2.35. The Hall–Kier alpha value is -2.62. The average molecular weight is 311 g/mol. The van der Waals surface area contributed by atoms with Gasteiger partial charge in [0.2, 0.25) is 0 Å². The Bertz CT molecular complexity index is 650. The lowest BCUT2D eigenvalue weighted by Gasteiger charge is -2.14. The number of unbranched alkanes of at least 4 members (excludes halogenated alkanes) is 1. The van der Waals surface area contributed by atoms with Crippen molar-refractivity contribution in [1.29, 1.82) is 0 Å². The zero-order valence-corrected chi connectivity index (χ0v) is 13.2. The van der Waals surface area contributed by atoms with Crippen molar-refractivity contribution in [3.05, 3.63) is 60.2 Å². The second-order valence-electron chi connectivity index (χ2n) is 5.45. The molecule has 2 aromatic rings. The number of carbonyl (C=O) groups excluding carboxylic acids is 1. The number of carboxylic acid groups (broad SMARTS) is 1. The minimum atomic E-state index is -0.993. The van der Waals surface area contributed by atoms with Gasteiger partial charge in [-0.3, -0.25) is 4.79 Å². The van der Waals surface area contributed by atoms with E-state index in [4.69, 9.17) is 0 Å². The summed E-state index contributed by atoms with van der Waals surface area (Å²) in [6.07, 6.45) is 2.11. The van der Waals surface area contributed by atoms with E-state index < -0.39 is 12.0 Å². The fraction of sp³-hybridized carbons (Fsp3) is 0.263. The van der Waals surface area contributed by atoms with Crippen LogP contribution in [0, 0.1) is 0 Å². The van der Waals surface area contributed by atoms with Crippen molar-refractivity contribution in [2.24, 2.45) is 0 Å². The van der Waals surface area contributed by atoms with E-state index in [-0.39, 0.29) is 5.91 Å². The maximum Gasteiger partial charge on any atom is 0.326 e. The summed E-state index contributed by atoms with van der Waals surface area (Å²) in [6.45, 7) is 1.99. The zero-order valence-electron chi connectivity index (χ0n) is 13.2. The fourth-order valence-electron chi connectivity index (χ4n) is 2.35. The van der Waals surface area contributed by atoms with Crippen LogP contribution in [0.3, 0.4) is 0 Å². The predicted molar refractivity (Wildman–Crippen MR) is 90.3 cm³/mol. The summed E-state index contributed by atoms with van der Waals surface area (Å²) in [5.74, 6) is -1.35. The van der Waals surface area contributed by atoms with Crippen molar-refractivity contribution in [1.82, 2.24) is 5.32 Å². The lowest BCUT2D eigenvalue weighted by Crippen LogP contribution is -2.40. The number of hydrogen-bond donors (Lipinski definition) is 2. The molecule has 1 amide bonds. The lowest BCUT2D eigenvalue weighted by atomic mass is 10.0. The predicted octanol–water partition coefficient (Wildman–Crippen LogP) is 3.73. The van der Waals surface area contributed by atoms with Gasteiger partial charge in [0.15, 0.2) is 0 Å². The number of amides is 1. The maximum absolute atomic E-state index is 12.2. The second-order valence-corrected chi connectivity index (χ2v) is 5.45. The van der Waals surface area contributed by atoms with E-state index in [1.807, 2.05) is 49.4 Å². The third kappa shape index (κ3) is 4.68. The van der Waals surface area contributed by atoms with Crippen LogP contribution in [-0.4, -0.2) is 23.0 Å². The SMILES string of the molecule is CCCC[C@@H](NC(=O)c1ccc(-c2ccccc2)cc1)C(=O)O. The molecule has 4 nitrogen and oxygen atoms in total. The van der Waals surface area contributed by atoms with Gasteiger partial charge in [0.05, 0.1) is 0 Å². The summed E-state index contributed by atoms with van der Waals surface area (Å²) in [5, 5.41) is 11.8. The van der Waals surface area contributed by atoms with Crippen LogP contribution in [0.2, 0.25) is 0 Å². The topological polar surface area (TPSA) is 66.4 Å². The molecule has 2 rings (SSSR count). The molecule has 2 aromatic carbocycles. The first-order valence-electron chi connectivity index (χ1n) is 7.81. The minimum absolute atomic E-state index is 0.354. The molecular weight excluding hydrogens is 290 g/mol. The van der Waals surface area contributed by atoms with Crippen LogP contribution in [0.15, 0.2) is 54.6 Å². The highest BCUT2D eigenvalue weighted by atomic mass is 16.4. The summed E-state index contributed by atoms with van der Waals surface area (Å²) < 4.78 is 0. The second kappa shape index (κ2) is 8.13. The molecule has 0 aliphatic rings. The molecule has 0 heterocycles. The van der Waals surface area contributed by atoms with E-state index in [9.17, 15) is 14.7 Å². The van der Waals surface area contributed by atoms with E-state index in [1.54, 1.807) is 12.1 Å². The summed E-state index contributed by atoms with van der Waals surface area (Å²) in [4.78, 5) is 23.4. The third-order valence-electron chi connectivity index (χ3n) is 3.70. The van der Waals surface area contributed by atoms with Crippen molar-refractivity contribution in [3.63, 3.8) is 0 Å². The first-order chi connectivity index (χ1) is 11.1. The molecule has 0 radical (unpaired) electrons. The highest BCUT2D eigenvalue weighted by Crippen LogP contribution is 2.19. The van der Waals surface area contributed by atoms with Gasteiger partial charge in [0.1, 0.15) is 6.04 Å². The molecule has 0 aliphatic heterocycles. The molecule has 0 saturated carbocycles. The van der Waals surface area contributed by atoms with Crippen molar-refractivity contribution >= 4 is 11.9 Å².